The number of rotatable bonds is 2. The van der Waals surface area contributed by atoms with Crippen molar-refractivity contribution in [2.75, 3.05) is 5.32 Å². The Bertz CT molecular complexity index is 500. The molecule has 0 saturated carbocycles. The molecule has 0 atom stereocenters. The zero-order valence-electron chi connectivity index (χ0n) is 8.55. The molecule has 2 aromatic rings. The van der Waals surface area contributed by atoms with Crippen LogP contribution in [0.5, 0.6) is 0 Å². The van der Waals surface area contributed by atoms with Gasteiger partial charge in [-0.3, -0.25) is 5.32 Å². The molecular weight excluding hydrogens is 202 g/mol. The molecule has 0 aliphatic rings. The fraction of sp³-hybridized carbons (Fsp3) is 0. The van der Waals surface area contributed by atoms with Gasteiger partial charge in [-0.2, -0.15) is 0 Å². The Morgan fingerprint density at radius 3 is 2.31 bits per heavy atom. The highest BCUT2D eigenvalue weighted by molar-refractivity contribution is 5.90. The van der Waals surface area contributed by atoms with Crippen molar-refractivity contribution in [3.63, 3.8) is 0 Å². The van der Waals surface area contributed by atoms with E-state index in [9.17, 15) is 4.79 Å². The van der Waals surface area contributed by atoms with E-state index in [4.69, 9.17) is 5.11 Å². The van der Waals surface area contributed by atoms with Crippen LogP contribution >= 0.6 is 0 Å². The van der Waals surface area contributed by atoms with Crippen LogP contribution in [0.2, 0.25) is 0 Å². The first kappa shape index (κ1) is 10.2. The molecule has 0 aliphatic heterocycles. The highest BCUT2D eigenvalue weighted by Crippen LogP contribution is 2.27. The second kappa shape index (κ2) is 4.49. The van der Waals surface area contributed by atoms with Crippen molar-refractivity contribution in [2.24, 2.45) is 0 Å². The van der Waals surface area contributed by atoms with Crippen molar-refractivity contribution in [1.82, 2.24) is 0 Å². The van der Waals surface area contributed by atoms with Crippen LogP contribution in [0.15, 0.2) is 54.6 Å². The molecule has 0 radical (unpaired) electrons. The number of hydrogen-bond acceptors (Lipinski definition) is 1. The van der Waals surface area contributed by atoms with E-state index >= 15 is 0 Å². The third-order valence-corrected chi connectivity index (χ3v) is 2.25. The van der Waals surface area contributed by atoms with Gasteiger partial charge in [-0.25, -0.2) is 4.79 Å². The van der Waals surface area contributed by atoms with Crippen LogP contribution in [-0.2, 0) is 0 Å². The van der Waals surface area contributed by atoms with Gasteiger partial charge in [0.2, 0.25) is 0 Å². The summed E-state index contributed by atoms with van der Waals surface area (Å²) in [5.74, 6) is 0. The Morgan fingerprint density at radius 1 is 1.00 bits per heavy atom. The van der Waals surface area contributed by atoms with E-state index in [0.29, 0.717) is 5.69 Å². The lowest BCUT2D eigenvalue weighted by Crippen LogP contribution is -2.08. The van der Waals surface area contributed by atoms with Gasteiger partial charge in [-0.1, -0.05) is 48.5 Å². The van der Waals surface area contributed by atoms with E-state index < -0.39 is 6.09 Å². The number of carboxylic acid groups (broad SMARTS) is 1. The Kier molecular flexibility index (Phi) is 2.87. The summed E-state index contributed by atoms with van der Waals surface area (Å²) >= 11 is 0. The van der Waals surface area contributed by atoms with Gasteiger partial charge in [0, 0.05) is 6.99 Å². The Morgan fingerprint density at radius 2 is 1.62 bits per heavy atom. The highest BCUT2D eigenvalue weighted by atomic mass is 16.4. The maximum atomic E-state index is 10.6. The molecule has 2 N–H and O–H groups in total. The van der Waals surface area contributed by atoms with Crippen LogP contribution in [0.3, 0.4) is 0 Å². The van der Waals surface area contributed by atoms with E-state index in [2.05, 4.69) is 5.32 Å². The lowest BCUT2D eigenvalue weighted by atomic mass is 10.0. The average Bonchev–Trinajstić information content (AvgIpc) is 2.30. The molecular formula is C13H13NO2. The fourth-order valence-electron chi connectivity index (χ4n) is 1.58. The molecule has 82 valence electrons. The van der Waals surface area contributed by atoms with Gasteiger partial charge in [0.05, 0.1) is 5.69 Å². The van der Waals surface area contributed by atoms with Gasteiger partial charge >= 0.3 is 6.09 Å². The summed E-state index contributed by atoms with van der Waals surface area (Å²) in [6.45, 7) is 0. The summed E-state index contributed by atoms with van der Waals surface area (Å²) < 4.78 is 0. The summed E-state index contributed by atoms with van der Waals surface area (Å²) in [7, 11) is 0. The number of benzene rings is 2. The van der Waals surface area contributed by atoms with Crippen molar-refractivity contribution >= 4 is 11.8 Å². The first-order chi connectivity index (χ1) is 7.77. The molecule has 1 amide bonds. The fourth-order valence-corrected chi connectivity index (χ4v) is 1.58. The summed E-state index contributed by atoms with van der Waals surface area (Å²) in [5, 5.41) is 11.1. The molecule has 0 heterocycles. The number of nitrogens with one attached hydrogen (secondary N) is 1. The third-order valence-electron chi connectivity index (χ3n) is 2.25. The Labute approximate surface area is 94.8 Å². The van der Waals surface area contributed by atoms with Gasteiger partial charge in [0.15, 0.2) is 0 Å². The molecule has 2 aromatic carbocycles. The van der Waals surface area contributed by atoms with Crippen molar-refractivity contribution in [2.45, 2.75) is 0 Å². The normalized spacial score (nSPS) is 9.75. The minimum absolute atomic E-state index is 0. The monoisotopic (exact) mass is 215 g/mol. The SMILES string of the molecule is O=C(O)Nc1ccccc1-c1ccccc1.[HH]. The van der Waals surface area contributed by atoms with Crippen LogP contribution < -0.4 is 5.32 Å². The number of para-hydroxylation sites is 1. The maximum Gasteiger partial charge on any atom is 0.409 e. The second-order valence-electron chi connectivity index (χ2n) is 3.34. The van der Waals surface area contributed by atoms with E-state index in [1.54, 1.807) is 12.1 Å². The summed E-state index contributed by atoms with van der Waals surface area (Å²) in [4.78, 5) is 10.6. The van der Waals surface area contributed by atoms with Crippen molar-refractivity contribution in [1.29, 1.82) is 0 Å². The molecule has 0 spiro atoms. The molecule has 0 bridgehead atoms. The first-order valence-electron chi connectivity index (χ1n) is 4.92. The lowest BCUT2D eigenvalue weighted by Gasteiger charge is -2.08. The van der Waals surface area contributed by atoms with Crippen LogP contribution in [0, 0.1) is 0 Å². The van der Waals surface area contributed by atoms with Crippen LogP contribution in [0.4, 0.5) is 10.5 Å². The van der Waals surface area contributed by atoms with Gasteiger partial charge in [0.25, 0.3) is 0 Å². The molecule has 2 rings (SSSR count). The van der Waals surface area contributed by atoms with Crippen LogP contribution in [-0.4, -0.2) is 11.2 Å². The first-order valence-corrected chi connectivity index (χ1v) is 4.92. The van der Waals surface area contributed by atoms with Gasteiger partial charge in [0.1, 0.15) is 0 Å². The molecule has 0 unspecified atom stereocenters. The smallest absolute Gasteiger partial charge is 0.409 e. The van der Waals surface area contributed by atoms with Gasteiger partial charge in [-0.15, -0.1) is 0 Å². The molecule has 0 aliphatic carbocycles. The molecule has 3 heteroatoms. The van der Waals surface area contributed by atoms with E-state index in [1.807, 2.05) is 42.5 Å². The Hall–Kier alpha value is -2.29. The van der Waals surface area contributed by atoms with Gasteiger partial charge < -0.3 is 5.11 Å². The predicted octanol–water partition coefficient (Wildman–Crippen LogP) is 3.69. The van der Waals surface area contributed by atoms with E-state index in [0.717, 1.165) is 11.1 Å². The highest BCUT2D eigenvalue weighted by Gasteiger charge is 2.05. The number of amides is 1. The molecule has 0 saturated heterocycles. The third kappa shape index (κ3) is 2.20. The summed E-state index contributed by atoms with van der Waals surface area (Å²) in [6, 6.07) is 17.0. The topological polar surface area (TPSA) is 49.3 Å². The largest absolute Gasteiger partial charge is 0.465 e. The average molecular weight is 215 g/mol. The minimum atomic E-state index is -1.05. The van der Waals surface area contributed by atoms with E-state index in [1.165, 1.54) is 0 Å². The quantitative estimate of drug-likeness (QED) is 0.802. The summed E-state index contributed by atoms with van der Waals surface area (Å²) in [5.41, 5.74) is 2.47. The molecule has 0 fully saturated rings. The number of anilines is 1. The van der Waals surface area contributed by atoms with E-state index in [-0.39, 0.29) is 1.43 Å². The van der Waals surface area contributed by atoms with Crippen LogP contribution in [0.25, 0.3) is 11.1 Å². The zero-order valence-corrected chi connectivity index (χ0v) is 8.55. The Balaban J connectivity index is 0.00000144. The van der Waals surface area contributed by atoms with Crippen molar-refractivity contribution < 1.29 is 11.3 Å². The number of carbonyl (C=O) groups is 1. The van der Waals surface area contributed by atoms with Crippen molar-refractivity contribution in [3.8, 4) is 11.1 Å². The predicted molar refractivity (Wildman–Crippen MR) is 65.6 cm³/mol. The van der Waals surface area contributed by atoms with Gasteiger partial charge in [-0.05, 0) is 11.6 Å². The standard InChI is InChI=1S/C13H11NO2.H2/c15-13(16)14-12-9-5-4-8-11(12)10-6-2-1-3-7-10;/h1-9,14H,(H,15,16);1H. The van der Waals surface area contributed by atoms with Crippen LogP contribution in [0.1, 0.15) is 1.43 Å². The molecule has 16 heavy (non-hydrogen) atoms. The molecule has 0 aromatic heterocycles. The van der Waals surface area contributed by atoms with Crippen molar-refractivity contribution in [3.05, 3.63) is 54.6 Å². The summed E-state index contributed by atoms with van der Waals surface area (Å²) in [6.07, 6.45) is -1.05. The lowest BCUT2D eigenvalue weighted by molar-refractivity contribution is 0.210. The maximum absolute atomic E-state index is 10.6. The minimum Gasteiger partial charge on any atom is -0.465 e. The number of hydrogen-bond donors (Lipinski definition) is 2. The second-order valence-corrected chi connectivity index (χ2v) is 3.34. The molecule has 3 nitrogen and oxygen atoms in total. The zero-order chi connectivity index (χ0) is 11.4.